The monoisotopic (exact) mass is 259 g/mol. The highest BCUT2D eigenvalue weighted by Crippen LogP contribution is 2.20. The number of carbonyl (C=O) groups is 2. The third-order valence-corrected chi connectivity index (χ3v) is 3.47. The number of rotatable bonds is 8. The largest absolute Gasteiger partial charge is 0.479 e. The molecular formula is C13H25NO4. The van der Waals surface area contributed by atoms with Crippen molar-refractivity contribution in [3.05, 3.63) is 0 Å². The Morgan fingerprint density at radius 3 is 2.17 bits per heavy atom. The van der Waals surface area contributed by atoms with E-state index in [1.807, 2.05) is 20.8 Å². The highest BCUT2D eigenvalue weighted by atomic mass is 16.5. The smallest absolute Gasteiger partial charge is 0.331 e. The van der Waals surface area contributed by atoms with Crippen molar-refractivity contribution < 1.29 is 19.4 Å². The van der Waals surface area contributed by atoms with E-state index in [0.29, 0.717) is 0 Å². The zero-order valence-electron chi connectivity index (χ0n) is 11.9. The van der Waals surface area contributed by atoms with Gasteiger partial charge in [-0.1, -0.05) is 33.6 Å². The zero-order valence-corrected chi connectivity index (χ0v) is 11.9. The van der Waals surface area contributed by atoms with Crippen molar-refractivity contribution in [2.24, 2.45) is 11.8 Å². The number of hydrogen-bond donors (Lipinski definition) is 2. The predicted octanol–water partition coefficient (Wildman–Crippen LogP) is 1.66. The second kappa shape index (κ2) is 7.36. The lowest BCUT2D eigenvalue weighted by Gasteiger charge is -2.29. The number of methoxy groups -OCH3 is 1. The van der Waals surface area contributed by atoms with E-state index in [2.05, 4.69) is 5.32 Å². The first-order valence-corrected chi connectivity index (χ1v) is 6.36. The van der Waals surface area contributed by atoms with Gasteiger partial charge < -0.3 is 15.2 Å². The molecule has 0 radical (unpaired) electrons. The Morgan fingerprint density at radius 1 is 1.33 bits per heavy atom. The van der Waals surface area contributed by atoms with E-state index in [4.69, 9.17) is 9.84 Å². The normalized spacial score (nSPS) is 16.1. The molecule has 0 saturated heterocycles. The summed E-state index contributed by atoms with van der Waals surface area (Å²) in [4.78, 5) is 23.3. The van der Waals surface area contributed by atoms with Gasteiger partial charge in [-0.2, -0.15) is 0 Å². The molecule has 0 aliphatic carbocycles. The van der Waals surface area contributed by atoms with Gasteiger partial charge in [0.1, 0.15) is 0 Å². The number of carbonyl (C=O) groups excluding carboxylic acids is 1. The second-order valence-corrected chi connectivity index (χ2v) is 4.92. The zero-order chi connectivity index (χ0) is 14.3. The fourth-order valence-corrected chi connectivity index (χ4v) is 2.04. The standard InChI is InChI=1S/C13H25NO4/c1-6-10(7-2)9(3)11(15)14-13(4,8-18-5)12(16)17/h9-10H,6-8H2,1-5H3,(H,14,15)(H,16,17). The average molecular weight is 259 g/mol. The molecule has 2 atom stereocenters. The molecule has 0 aliphatic rings. The molecule has 0 bridgehead atoms. The molecule has 18 heavy (non-hydrogen) atoms. The quantitative estimate of drug-likeness (QED) is 0.695. The number of nitrogens with one attached hydrogen (secondary N) is 1. The average Bonchev–Trinajstić information content (AvgIpc) is 2.30. The fraction of sp³-hybridized carbons (Fsp3) is 0.846. The minimum atomic E-state index is -1.37. The van der Waals surface area contributed by atoms with Crippen LogP contribution in [-0.4, -0.2) is 36.2 Å². The van der Waals surface area contributed by atoms with E-state index >= 15 is 0 Å². The molecule has 0 saturated carbocycles. The van der Waals surface area contributed by atoms with Crippen molar-refractivity contribution in [1.29, 1.82) is 0 Å². The van der Waals surface area contributed by atoms with Gasteiger partial charge in [-0.25, -0.2) is 4.79 Å². The van der Waals surface area contributed by atoms with Gasteiger partial charge in [-0.05, 0) is 12.8 Å². The molecule has 0 aromatic heterocycles. The van der Waals surface area contributed by atoms with Gasteiger partial charge in [0, 0.05) is 13.0 Å². The van der Waals surface area contributed by atoms with Crippen LogP contribution in [0.15, 0.2) is 0 Å². The third kappa shape index (κ3) is 4.29. The number of carboxylic acid groups (broad SMARTS) is 1. The highest BCUT2D eigenvalue weighted by Gasteiger charge is 2.36. The number of aliphatic carboxylic acids is 1. The van der Waals surface area contributed by atoms with Gasteiger partial charge in [-0.15, -0.1) is 0 Å². The Bertz CT molecular complexity index is 289. The molecule has 0 heterocycles. The van der Waals surface area contributed by atoms with E-state index in [-0.39, 0.29) is 24.3 Å². The Labute approximate surface area is 109 Å². The van der Waals surface area contributed by atoms with Gasteiger partial charge >= 0.3 is 5.97 Å². The van der Waals surface area contributed by atoms with Gasteiger partial charge in [0.25, 0.3) is 0 Å². The molecular weight excluding hydrogens is 234 g/mol. The maximum absolute atomic E-state index is 12.1. The summed E-state index contributed by atoms with van der Waals surface area (Å²) in [7, 11) is 1.41. The lowest BCUT2D eigenvalue weighted by atomic mass is 9.88. The summed E-state index contributed by atoms with van der Waals surface area (Å²) >= 11 is 0. The molecule has 0 spiro atoms. The Kier molecular flexibility index (Phi) is 6.91. The van der Waals surface area contributed by atoms with Crippen LogP contribution in [0.25, 0.3) is 0 Å². The molecule has 0 rings (SSSR count). The molecule has 5 heteroatoms. The first-order chi connectivity index (χ1) is 8.32. The molecule has 0 aliphatic heterocycles. The minimum Gasteiger partial charge on any atom is -0.479 e. The van der Waals surface area contributed by atoms with Crippen LogP contribution in [0, 0.1) is 11.8 Å². The predicted molar refractivity (Wildman–Crippen MR) is 69.3 cm³/mol. The molecule has 0 aromatic rings. The first kappa shape index (κ1) is 16.9. The third-order valence-electron chi connectivity index (χ3n) is 3.47. The number of ether oxygens (including phenoxy) is 1. The van der Waals surface area contributed by atoms with E-state index in [0.717, 1.165) is 12.8 Å². The van der Waals surface area contributed by atoms with Crippen LogP contribution in [0.4, 0.5) is 0 Å². The maximum atomic E-state index is 12.1. The SMILES string of the molecule is CCC(CC)C(C)C(=O)NC(C)(COC)C(=O)O. The Hall–Kier alpha value is -1.10. The molecule has 5 nitrogen and oxygen atoms in total. The van der Waals surface area contributed by atoms with Crippen LogP contribution < -0.4 is 5.32 Å². The molecule has 0 fully saturated rings. The van der Waals surface area contributed by atoms with E-state index in [9.17, 15) is 9.59 Å². The number of hydrogen-bond acceptors (Lipinski definition) is 3. The molecule has 0 aromatic carbocycles. The fourth-order valence-electron chi connectivity index (χ4n) is 2.04. The van der Waals surface area contributed by atoms with Crippen molar-refractivity contribution >= 4 is 11.9 Å². The van der Waals surface area contributed by atoms with E-state index in [1.54, 1.807) is 0 Å². The summed E-state index contributed by atoms with van der Waals surface area (Å²) in [5.74, 6) is -1.25. The van der Waals surface area contributed by atoms with Crippen molar-refractivity contribution in [3.8, 4) is 0 Å². The van der Waals surface area contributed by atoms with Crippen molar-refractivity contribution in [1.82, 2.24) is 5.32 Å². The Balaban J connectivity index is 4.75. The van der Waals surface area contributed by atoms with Crippen LogP contribution >= 0.6 is 0 Å². The maximum Gasteiger partial charge on any atom is 0.331 e. The van der Waals surface area contributed by atoms with Crippen LogP contribution in [0.3, 0.4) is 0 Å². The molecule has 106 valence electrons. The highest BCUT2D eigenvalue weighted by molar-refractivity contribution is 5.87. The van der Waals surface area contributed by atoms with Crippen molar-refractivity contribution in [3.63, 3.8) is 0 Å². The van der Waals surface area contributed by atoms with Crippen molar-refractivity contribution in [2.45, 2.75) is 46.1 Å². The van der Waals surface area contributed by atoms with Crippen LogP contribution in [-0.2, 0) is 14.3 Å². The summed E-state index contributed by atoms with van der Waals surface area (Å²) < 4.78 is 4.87. The van der Waals surface area contributed by atoms with Crippen molar-refractivity contribution in [2.75, 3.05) is 13.7 Å². The lowest BCUT2D eigenvalue weighted by Crippen LogP contribution is -2.57. The molecule has 2 N–H and O–H groups in total. The number of carboxylic acids is 1. The lowest BCUT2D eigenvalue weighted by molar-refractivity contribution is -0.150. The van der Waals surface area contributed by atoms with Crippen LogP contribution in [0.5, 0.6) is 0 Å². The summed E-state index contributed by atoms with van der Waals surface area (Å²) in [6, 6.07) is 0. The Morgan fingerprint density at radius 2 is 1.83 bits per heavy atom. The second-order valence-electron chi connectivity index (χ2n) is 4.92. The summed E-state index contributed by atoms with van der Waals surface area (Å²) in [5.41, 5.74) is -1.37. The topological polar surface area (TPSA) is 75.6 Å². The first-order valence-electron chi connectivity index (χ1n) is 6.36. The molecule has 1 amide bonds. The number of amides is 1. The van der Waals surface area contributed by atoms with Gasteiger partial charge in [0.15, 0.2) is 5.54 Å². The van der Waals surface area contributed by atoms with Gasteiger partial charge in [0.2, 0.25) is 5.91 Å². The molecule has 2 unspecified atom stereocenters. The van der Waals surface area contributed by atoms with Crippen LogP contribution in [0.1, 0.15) is 40.5 Å². The summed E-state index contributed by atoms with van der Waals surface area (Å²) in [6.07, 6.45) is 1.80. The van der Waals surface area contributed by atoms with Gasteiger partial charge in [0.05, 0.1) is 6.61 Å². The van der Waals surface area contributed by atoms with Crippen LogP contribution in [0.2, 0.25) is 0 Å². The summed E-state index contributed by atoms with van der Waals surface area (Å²) in [5, 5.41) is 11.7. The van der Waals surface area contributed by atoms with E-state index in [1.165, 1.54) is 14.0 Å². The minimum absolute atomic E-state index is 0.0519. The van der Waals surface area contributed by atoms with E-state index < -0.39 is 11.5 Å². The van der Waals surface area contributed by atoms with Gasteiger partial charge in [-0.3, -0.25) is 4.79 Å². The summed E-state index contributed by atoms with van der Waals surface area (Å²) in [6.45, 7) is 7.30.